The summed E-state index contributed by atoms with van der Waals surface area (Å²) >= 11 is 5.93. The van der Waals surface area contributed by atoms with E-state index in [4.69, 9.17) is 22.6 Å². The molecule has 0 amide bonds. The van der Waals surface area contributed by atoms with Crippen molar-refractivity contribution in [3.05, 3.63) is 46.1 Å². The number of rotatable bonds is 2. The van der Waals surface area contributed by atoms with Crippen LogP contribution in [-0.2, 0) is 12.7 Å². The molecule has 4 nitrogen and oxygen atoms in total. The molecule has 104 valence electrons. The van der Waals surface area contributed by atoms with Gasteiger partial charge < -0.3 is 5.73 Å². The zero-order valence-corrected chi connectivity index (χ0v) is 10.7. The molecule has 0 aliphatic carbocycles. The highest BCUT2D eigenvalue weighted by Crippen LogP contribution is 2.33. The van der Waals surface area contributed by atoms with Crippen molar-refractivity contribution in [3.63, 3.8) is 0 Å². The summed E-state index contributed by atoms with van der Waals surface area (Å²) in [5, 5.41) is 12.5. The molecule has 0 saturated carbocycles. The van der Waals surface area contributed by atoms with Crippen LogP contribution in [0.25, 0.3) is 0 Å². The SMILES string of the molecule is N#Cc1c(C(F)(F)F)nn(Cc2ccccc2Cl)c1N. The number of aromatic nitrogens is 2. The number of nitrogens with two attached hydrogens (primary N) is 1. The summed E-state index contributed by atoms with van der Waals surface area (Å²) in [6, 6.07) is 8.06. The summed E-state index contributed by atoms with van der Waals surface area (Å²) < 4.78 is 39.1. The molecule has 0 saturated heterocycles. The van der Waals surface area contributed by atoms with Gasteiger partial charge in [0.05, 0.1) is 6.54 Å². The van der Waals surface area contributed by atoms with Gasteiger partial charge in [-0.25, -0.2) is 4.68 Å². The van der Waals surface area contributed by atoms with Crippen LogP contribution >= 0.6 is 11.6 Å². The number of benzene rings is 1. The summed E-state index contributed by atoms with van der Waals surface area (Å²) in [4.78, 5) is 0. The van der Waals surface area contributed by atoms with E-state index >= 15 is 0 Å². The number of nitriles is 1. The average molecular weight is 301 g/mol. The topological polar surface area (TPSA) is 67.6 Å². The van der Waals surface area contributed by atoms with Gasteiger partial charge in [0.2, 0.25) is 0 Å². The van der Waals surface area contributed by atoms with Gasteiger partial charge in [0.15, 0.2) is 5.69 Å². The third-order valence-electron chi connectivity index (χ3n) is 2.65. The fourth-order valence-electron chi connectivity index (χ4n) is 1.69. The zero-order chi connectivity index (χ0) is 14.9. The normalized spacial score (nSPS) is 11.3. The summed E-state index contributed by atoms with van der Waals surface area (Å²) in [5.41, 5.74) is 4.14. The molecule has 0 spiro atoms. The predicted molar refractivity (Wildman–Crippen MR) is 66.9 cm³/mol. The number of anilines is 1. The van der Waals surface area contributed by atoms with Gasteiger partial charge in [-0.15, -0.1) is 0 Å². The number of hydrogen-bond acceptors (Lipinski definition) is 3. The molecule has 0 unspecified atom stereocenters. The molecule has 0 fully saturated rings. The maximum atomic E-state index is 12.7. The van der Waals surface area contributed by atoms with Crippen LogP contribution in [0.15, 0.2) is 24.3 Å². The molecular weight excluding hydrogens is 293 g/mol. The quantitative estimate of drug-likeness (QED) is 0.927. The third kappa shape index (κ3) is 2.56. The van der Waals surface area contributed by atoms with Crippen LogP contribution in [0.3, 0.4) is 0 Å². The van der Waals surface area contributed by atoms with Gasteiger partial charge in [-0.2, -0.15) is 23.5 Å². The first-order chi connectivity index (χ1) is 9.34. The van der Waals surface area contributed by atoms with Crippen molar-refractivity contribution in [3.8, 4) is 6.07 Å². The lowest BCUT2D eigenvalue weighted by Crippen LogP contribution is -2.10. The number of nitrogen functional groups attached to an aromatic ring is 1. The van der Waals surface area contributed by atoms with E-state index in [1.54, 1.807) is 24.3 Å². The van der Waals surface area contributed by atoms with E-state index in [1.165, 1.54) is 6.07 Å². The Morgan fingerprint density at radius 3 is 2.50 bits per heavy atom. The molecule has 1 aromatic heterocycles. The molecule has 2 N–H and O–H groups in total. The second-order valence-electron chi connectivity index (χ2n) is 3.97. The van der Waals surface area contributed by atoms with Crippen molar-refractivity contribution in [1.29, 1.82) is 5.26 Å². The first kappa shape index (κ1) is 14.2. The largest absolute Gasteiger partial charge is 0.436 e. The van der Waals surface area contributed by atoms with Crippen LogP contribution in [0, 0.1) is 11.3 Å². The highest BCUT2D eigenvalue weighted by Gasteiger charge is 2.39. The Morgan fingerprint density at radius 2 is 2.00 bits per heavy atom. The Morgan fingerprint density at radius 1 is 1.35 bits per heavy atom. The van der Waals surface area contributed by atoms with Crippen LogP contribution in [0.1, 0.15) is 16.8 Å². The van der Waals surface area contributed by atoms with Crippen LogP contribution in [-0.4, -0.2) is 9.78 Å². The van der Waals surface area contributed by atoms with Crippen molar-refractivity contribution in [2.75, 3.05) is 5.73 Å². The molecule has 0 radical (unpaired) electrons. The minimum atomic E-state index is -4.73. The van der Waals surface area contributed by atoms with E-state index in [-0.39, 0.29) is 12.4 Å². The van der Waals surface area contributed by atoms with Gasteiger partial charge in [0, 0.05) is 5.02 Å². The van der Waals surface area contributed by atoms with Crippen LogP contribution in [0.2, 0.25) is 5.02 Å². The highest BCUT2D eigenvalue weighted by molar-refractivity contribution is 6.31. The summed E-state index contributed by atoms with van der Waals surface area (Å²) in [6.07, 6.45) is -4.73. The Balaban J connectivity index is 2.47. The monoisotopic (exact) mass is 300 g/mol. The minimum Gasteiger partial charge on any atom is -0.383 e. The number of alkyl halides is 3. The fraction of sp³-hybridized carbons (Fsp3) is 0.167. The molecule has 1 aromatic carbocycles. The van der Waals surface area contributed by atoms with Crippen LogP contribution in [0.4, 0.5) is 19.0 Å². The predicted octanol–water partition coefficient (Wildman–Crippen LogP) is 3.06. The van der Waals surface area contributed by atoms with Crippen molar-refractivity contribution in [1.82, 2.24) is 9.78 Å². The second kappa shape index (κ2) is 5.06. The van der Waals surface area contributed by atoms with Gasteiger partial charge in [0.25, 0.3) is 0 Å². The Bertz CT molecular complexity index is 685. The lowest BCUT2D eigenvalue weighted by Gasteiger charge is -2.06. The molecule has 0 bridgehead atoms. The van der Waals surface area contributed by atoms with E-state index in [0.29, 0.717) is 10.6 Å². The maximum absolute atomic E-state index is 12.7. The number of hydrogen-bond donors (Lipinski definition) is 1. The maximum Gasteiger partial charge on any atom is 0.436 e. The van der Waals surface area contributed by atoms with Gasteiger partial charge in [-0.05, 0) is 11.6 Å². The summed E-state index contributed by atoms with van der Waals surface area (Å²) in [6.45, 7) is -0.0454. The number of halogens is 4. The van der Waals surface area contributed by atoms with E-state index < -0.39 is 17.4 Å². The van der Waals surface area contributed by atoms with E-state index in [0.717, 1.165) is 4.68 Å². The average Bonchev–Trinajstić information content (AvgIpc) is 2.69. The molecule has 0 aliphatic heterocycles. The standard InChI is InChI=1S/C12H8ClF3N4/c13-9-4-2-1-3-7(9)6-20-11(18)8(5-17)10(19-20)12(14,15)16/h1-4H,6,18H2. The molecule has 0 aliphatic rings. The van der Waals surface area contributed by atoms with Crippen LogP contribution in [0.5, 0.6) is 0 Å². The second-order valence-corrected chi connectivity index (χ2v) is 4.37. The Labute approximate surface area is 117 Å². The van der Waals surface area contributed by atoms with Gasteiger partial charge in [0.1, 0.15) is 17.5 Å². The molecule has 0 atom stereocenters. The van der Waals surface area contributed by atoms with E-state index in [9.17, 15) is 13.2 Å². The fourth-order valence-corrected chi connectivity index (χ4v) is 1.89. The molecule has 2 rings (SSSR count). The van der Waals surface area contributed by atoms with E-state index in [2.05, 4.69) is 5.10 Å². The molecule has 20 heavy (non-hydrogen) atoms. The van der Waals surface area contributed by atoms with Crippen molar-refractivity contribution in [2.24, 2.45) is 0 Å². The van der Waals surface area contributed by atoms with Crippen molar-refractivity contribution in [2.45, 2.75) is 12.7 Å². The zero-order valence-electron chi connectivity index (χ0n) is 9.95. The lowest BCUT2D eigenvalue weighted by molar-refractivity contribution is -0.141. The van der Waals surface area contributed by atoms with Crippen molar-refractivity contribution < 1.29 is 13.2 Å². The van der Waals surface area contributed by atoms with Gasteiger partial charge in [-0.1, -0.05) is 29.8 Å². The molecular formula is C12H8ClF3N4. The first-order valence-electron chi connectivity index (χ1n) is 5.41. The van der Waals surface area contributed by atoms with Crippen molar-refractivity contribution >= 4 is 17.4 Å². The molecule has 8 heteroatoms. The highest BCUT2D eigenvalue weighted by atomic mass is 35.5. The molecule has 2 aromatic rings. The summed E-state index contributed by atoms with van der Waals surface area (Å²) in [7, 11) is 0. The number of nitrogens with zero attached hydrogens (tertiary/aromatic N) is 3. The third-order valence-corrected chi connectivity index (χ3v) is 3.02. The van der Waals surface area contributed by atoms with E-state index in [1.807, 2.05) is 0 Å². The Kier molecular flexibility index (Phi) is 3.59. The van der Waals surface area contributed by atoms with Gasteiger partial charge in [-0.3, -0.25) is 0 Å². The van der Waals surface area contributed by atoms with Gasteiger partial charge >= 0.3 is 6.18 Å². The van der Waals surface area contributed by atoms with Crippen LogP contribution < -0.4 is 5.73 Å². The lowest BCUT2D eigenvalue weighted by atomic mass is 10.2. The molecule has 1 heterocycles. The minimum absolute atomic E-state index is 0.0454. The smallest absolute Gasteiger partial charge is 0.383 e. The summed E-state index contributed by atoms with van der Waals surface area (Å²) in [5.74, 6) is -0.334. The Hall–Kier alpha value is -2.20. The first-order valence-corrected chi connectivity index (χ1v) is 5.79.